The van der Waals surface area contributed by atoms with Crippen molar-refractivity contribution in [3.05, 3.63) is 107 Å². The highest BCUT2D eigenvalue weighted by Gasteiger charge is 2.23. The van der Waals surface area contributed by atoms with E-state index in [1.165, 1.54) is 16.5 Å². The summed E-state index contributed by atoms with van der Waals surface area (Å²) in [7, 11) is 0. The van der Waals surface area contributed by atoms with Crippen molar-refractivity contribution in [2.75, 3.05) is 0 Å². The monoisotopic (exact) mass is 452 g/mol. The van der Waals surface area contributed by atoms with E-state index in [-0.39, 0.29) is 0 Å². The maximum atomic E-state index is 9.45. The van der Waals surface area contributed by atoms with Crippen LogP contribution in [0.15, 0.2) is 84.9 Å². The topological polar surface area (TPSA) is 54.5 Å². The lowest BCUT2D eigenvalue weighted by Gasteiger charge is -2.16. The molecule has 0 saturated carbocycles. The van der Waals surface area contributed by atoms with Crippen molar-refractivity contribution < 1.29 is 0 Å². The number of aromatic nitrogens is 3. The summed E-state index contributed by atoms with van der Waals surface area (Å²) in [6, 6.07) is 28.6. The van der Waals surface area contributed by atoms with Crippen LogP contribution in [-0.2, 0) is 6.42 Å². The molecule has 168 valence electrons. The van der Waals surface area contributed by atoms with E-state index < -0.39 is 0 Å². The van der Waals surface area contributed by atoms with E-state index in [0.717, 1.165) is 40.1 Å². The second-order valence-corrected chi connectivity index (χ2v) is 9.26. The lowest BCUT2D eigenvalue weighted by Crippen LogP contribution is -2.09. The molecule has 1 atom stereocenters. The molecule has 6 rings (SSSR count). The Morgan fingerprint density at radius 3 is 2.46 bits per heavy atom. The molecule has 2 heterocycles. The van der Waals surface area contributed by atoms with Gasteiger partial charge in [-0.15, -0.1) is 0 Å². The van der Waals surface area contributed by atoms with Crippen molar-refractivity contribution in [3.63, 3.8) is 0 Å². The van der Waals surface area contributed by atoms with E-state index in [2.05, 4.69) is 67.0 Å². The molecule has 0 amide bonds. The van der Waals surface area contributed by atoms with E-state index in [4.69, 9.17) is 9.97 Å². The Bertz CT molecular complexity index is 1650. The van der Waals surface area contributed by atoms with Gasteiger partial charge in [-0.1, -0.05) is 67.1 Å². The average Bonchev–Trinajstić information content (AvgIpc) is 3.21. The molecule has 3 aromatic carbocycles. The Morgan fingerprint density at radius 2 is 1.66 bits per heavy atom. The van der Waals surface area contributed by atoms with Crippen LogP contribution in [0.5, 0.6) is 0 Å². The highest BCUT2D eigenvalue weighted by Crippen LogP contribution is 2.36. The van der Waals surface area contributed by atoms with Gasteiger partial charge in [0, 0.05) is 16.5 Å². The number of benzene rings is 3. The van der Waals surface area contributed by atoms with Crippen LogP contribution in [0.25, 0.3) is 45.4 Å². The normalized spacial score (nSPS) is 14.6. The Labute approximate surface area is 204 Å². The van der Waals surface area contributed by atoms with E-state index in [9.17, 15) is 5.26 Å². The summed E-state index contributed by atoms with van der Waals surface area (Å²) in [6.45, 7) is 4.39. The number of aryl methyl sites for hydroxylation is 1. The third-order valence-electron chi connectivity index (χ3n) is 6.65. The van der Waals surface area contributed by atoms with Crippen LogP contribution in [0, 0.1) is 24.2 Å². The van der Waals surface area contributed by atoms with Crippen molar-refractivity contribution in [1.82, 2.24) is 14.5 Å². The molecule has 5 aromatic rings. The molecule has 1 aliphatic carbocycles. The summed E-state index contributed by atoms with van der Waals surface area (Å²) in [4.78, 5) is 10.1. The smallest absolute Gasteiger partial charge is 0.235 e. The second kappa shape index (κ2) is 8.38. The number of hydrogen-bond donors (Lipinski definition) is 0. The molecule has 4 nitrogen and oxygen atoms in total. The molecular formula is C31H24N4. The number of rotatable bonds is 3. The molecule has 0 spiro atoms. The molecule has 0 aliphatic heterocycles. The Hall–Kier alpha value is -4.49. The van der Waals surface area contributed by atoms with Crippen LogP contribution in [0.3, 0.4) is 0 Å². The molecule has 1 aliphatic rings. The van der Waals surface area contributed by atoms with Gasteiger partial charge in [-0.3, -0.25) is 4.57 Å². The van der Waals surface area contributed by atoms with Gasteiger partial charge in [-0.2, -0.15) is 5.26 Å². The minimum absolute atomic E-state index is 0.489. The Morgan fingerprint density at radius 1 is 0.886 bits per heavy atom. The van der Waals surface area contributed by atoms with Crippen LogP contribution >= 0.6 is 0 Å². The average molecular weight is 453 g/mol. The van der Waals surface area contributed by atoms with Crippen LogP contribution in [-0.4, -0.2) is 14.5 Å². The molecule has 0 N–H and O–H groups in total. The minimum atomic E-state index is 0.489. The predicted octanol–water partition coefficient (Wildman–Crippen LogP) is 7.14. The number of allylic oxidation sites excluding steroid dienone is 1. The molecular weight excluding hydrogens is 428 g/mol. The van der Waals surface area contributed by atoms with Gasteiger partial charge < -0.3 is 0 Å². The highest BCUT2D eigenvalue weighted by molar-refractivity contribution is 5.91. The third-order valence-corrected chi connectivity index (χ3v) is 6.65. The quantitative estimate of drug-likeness (QED) is 0.292. The van der Waals surface area contributed by atoms with Gasteiger partial charge in [0.2, 0.25) is 5.95 Å². The standard InChI is InChI=1S/C31H24N4/c1-20-11-13-29-25(15-20)26-16-21(2)12-14-30(26)35(29)31-33-27(23-8-4-3-5-9-23)18-28(34-31)24-10-6-7-22(17-24)19-32/h3-15,17-18,21H,16H2,1-2H3. The van der Waals surface area contributed by atoms with Gasteiger partial charge in [0.05, 0.1) is 34.2 Å². The van der Waals surface area contributed by atoms with E-state index in [1.54, 1.807) is 0 Å². The first-order chi connectivity index (χ1) is 17.1. The van der Waals surface area contributed by atoms with Crippen LogP contribution in [0.2, 0.25) is 0 Å². The van der Waals surface area contributed by atoms with Crippen molar-refractivity contribution in [1.29, 1.82) is 5.26 Å². The zero-order chi connectivity index (χ0) is 23.9. The first kappa shape index (κ1) is 21.1. The van der Waals surface area contributed by atoms with Gasteiger partial charge in [0.25, 0.3) is 0 Å². The van der Waals surface area contributed by atoms with Gasteiger partial charge in [-0.05, 0) is 61.2 Å². The molecule has 2 aromatic heterocycles. The molecule has 35 heavy (non-hydrogen) atoms. The van der Waals surface area contributed by atoms with E-state index in [0.29, 0.717) is 17.4 Å². The third kappa shape index (κ3) is 3.72. The molecule has 4 heteroatoms. The van der Waals surface area contributed by atoms with Crippen LogP contribution < -0.4 is 0 Å². The van der Waals surface area contributed by atoms with Gasteiger partial charge in [0.15, 0.2) is 0 Å². The van der Waals surface area contributed by atoms with Gasteiger partial charge in [-0.25, -0.2) is 9.97 Å². The minimum Gasteiger partial charge on any atom is -0.278 e. The number of hydrogen-bond acceptors (Lipinski definition) is 3. The summed E-state index contributed by atoms with van der Waals surface area (Å²) >= 11 is 0. The largest absolute Gasteiger partial charge is 0.278 e. The van der Waals surface area contributed by atoms with E-state index in [1.807, 2.05) is 48.5 Å². The maximum absolute atomic E-state index is 9.45. The zero-order valence-electron chi connectivity index (χ0n) is 19.7. The van der Waals surface area contributed by atoms with Crippen LogP contribution in [0.1, 0.15) is 29.3 Å². The summed E-state index contributed by atoms with van der Waals surface area (Å²) in [6.07, 6.45) is 5.48. The van der Waals surface area contributed by atoms with Crippen molar-refractivity contribution in [2.24, 2.45) is 5.92 Å². The molecule has 0 radical (unpaired) electrons. The summed E-state index contributed by atoms with van der Waals surface area (Å²) < 4.78 is 2.19. The lowest BCUT2D eigenvalue weighted by molar-refractivity contribution is 0.716. The second-order valence-electron chi connectivity index (χ2n) is 9.26. The fraction of sp³-hybridized carbons (Fsp3) is 0.129. The lowest BCUT2D eigenvalue weighted by atomic mass is 9.93. The highest BCUT2D eigenvalue weighted by atomic mass is 15.2. The first-order valence-electron chi connectivity index (χ1n) is 11.9. The Kier molecular flexibility index (Phi) is 5.04. The molecule has 1 unspecified atom stereocenters. The molecule has 0 fully saturated rings. The van der Waals surface area contributed by atoms with Crippen molar-refractivity contribution in [3.8, 4) is 34.5 Å². The van der Waals surface area contributed by atoms with Gasteiger partial charge >= 0.3 is 0 Å². The number of fused-ring (bicyclic) bond motifs is 3. The summed E-state index contributed by atoms with van der Waals surface area (Å²) in [5, 5.41) is 10.7. The zero-order valence-corrected chi connectivity index (χ0v) is 19.7. The number of nitrogens with zero attached hydrogens (tertiary/aromatic N) is 4. The maximum Gasteiger partial charge on any atom is 0.235 e. The van der Waals surface area contributed by atoms with E-state index >= 15 is 0 Å². The molecule has 0 bridgehead atoms. The molecule has 0 saturated heterocycles. The van der Waals surface area contributed by atoms with Gasteiger partial charge in [0.1, 0.15) is 0 Å². The SMILES string of the molecule is Cc1ccc2c(c1)c1c(n2-c2nc(-c3ccccc3)cc(-c3cccc(C#N)c3)n2)C=CC(C)C1. The fourth-order valence-electron chi connectivity index (χ4n) is 4.93. The fourth-order valence-corrected chi connectivity index (χ4v) is 4.93. The predicted molar refractivity (Wildman–Crippen MR) is 141 cm³/mol. The summed E-state index contributed by atoms with van der Waals surface area (Å²) in [5.41, 5.74) is 9.03. The van der Waals surface area contributed by atoms with Crippen molar-refractivity contribution in [2.45, 2.75) is 20.3 Å². The number of nitriles is 1. The summed E-state index contributed by atoms with van der Waals surface area (Å²) in [5.74, 6) is 1.13. The first-order valence-corrected chi connectivity index (χ1v) is 11.9. The van der Waals surface area contributed by atoms with Crippen LogP contribution in [0.4, 0.5) is 0 Å². The van der Waals surface area contributed by atoms with Crippen molar-refractivity contribution >= 4 is 17.0 Å². The Balaban J connectivity index is 1.66.